The molecule has 0 aliphatic carbocycles. The van der Waals surface area contributed by atoms with E-state index in [9.17, 15) is 70.9 Å². The zero-order chi connectivity index (χ0) is 23.7. The van der Waals surface area contributed by atoms with Gasteiger partial charge in [0.25, 0.3) is 0 Å². The second kappa shape index (κ2) is 7.87. The van der Waals surface area contributed by atoms with Crippen molar-refractivity contribution in [3.05, 3.63) is 0 Å². The van der Waals surface area contributed by atoms with E-state index in [0.717, 1.165) is 0 Å². The maximum absolute atomic E-state index is 12.5. The van der Waals surface area contributed by atoms with Crippen molar-refractivity contribution in [2.45, 2.75) is 29.6 Å². The molecule has 1 N–H and O–H groups in total. The van der Waals surface area contributed by atoms with Crippen molar-refractivity contribution in [2.75, 3.05) is 0 Å². The third kappa shape index (κ3) is 5.57. The molecule has 0 saturated carbocycles. The Balaban J connectivity index is 0. The van der Waals surface area contributed by atoms with Gasteiger partial charge >= 0.3 is 45.7 Å². The third-order valence-corrected chi connectivity index (χ3v) is 2.56. The van der Waals surface area contributed by atoms with Crippen LogP contribution in [-0.2, 0) is 10.1 Å². The summed E-state index contributed by atoms with van der Waals surface area (Å²) in [4.78, 5) is 9.90. The fraction of sp³-hybridized carbons (Fsp3) is 0.833. The standard InChI is InChI=1S/C5F12N2O.CHF3O3S/c6-2(7,4(10,11)12)3(8,9)5(13,14)18(15)1(20)19(16)17;2-1(3,4)8(5,6)7/h;(H,5,6,7). The van der Waals surface area contributed by atoms with Gasteiger partial charge in [0.2, 0.25) is 0 Å². The number of halogens is 15. The van der Waals surface area contributed by atoms with E-state index in [4.69, 9.17) is 13.0 Å². The Bertz CT molecular complexity index is 652. The van der Waals surface area contributed by atoms with Gasteiger partial charge in [0.1, 0.15) is 0 Å². The molecule has 2 amide bonds. The summed E-state index contributed by atoms with van der Waals surface area (Å²) in [5.41, 5.74) is -5.53. The molecule has 22 heteroatoms. The normalized spacial score (nSPS) is 14.1. The van der Waals surface area contributed by atoms with E-state index in [0.29, 0.717) is 0 Å². The molecule has 0 aliphatic heterocycles. The number of carbonyl (C=O) groups excluding carboxylic acids is 1. The lowest BCUT2D eigenvalue weighted by Crippen LogP contribution is -2.66. The summed E-state index contributed by atoms with van der Waals surface area (Å²) in [6, 6.07) is -11.1. The lowest BCUT2D eigenvalue weighted by Gasteiger charge is -2.34. The minimum Gasteiger partial charge on any atom is -0.279 e. The average Bonchev–Trinajstić information content (AvgIpc) is 2.42. The van der Waals surface area contributed by atoms with Crippen LogP contribution in [0.3, 0.4) is 0 Å². The van der Waals surface area contributed by atoms with Crippen molar-refractivity contribution >= 4 is 16.1 Å². The quantitative estimate of drug-likeness (QED) is 0.215. The Hall–Kier alpha value is -1.87. The smallest absolute Gasteiger partial charge is 0.279 e. The molecular weight excluding hydrogens is 481 g/mol. The van der Waals surface area contributed by atoms with Crippen molar-refractivity contribution in [2.24, 2.45) is 0 Å². The first kappa shape index (κ1) is 28.3. The van der Waals surface area contributed by atoms with E-state index >= 15 is 0 Å². The maximum Gasteiger partial charge on any atom is 0.522 e. The first-order valence-electron chi connectivity index (χ1n) is 5.12. The first-order valence-corrected chi connectivity index (χ1v) is 6.56. The topological polar surface area (TPSA) is 77.9 Å². The SMILES string of the molecule is O=C(N(F)F)N(F)C(F)(F)C(F)(F)C(F)(F)C(F)(F)F.O=S(=O)(O)C(F)(F)F. The summed E-state index contributed by atoms with van der Waals surface area (Å²) in [6.45, 7) is 0. The Morgan fingerprint density at radius 2 is 1.00 bits per heavy atom. The Labute approximate surface area is 141 Å². The van der Waals surface area contributed by atoms with Gasteiger partial charge in [-0.1, -0.05) is 18.6 Å². The molecule has 0 fully saturated rings. The summed E-state index contributed by atoms with van der Waals surface area (Å²) >= 11 is 0. The minimum absolute atomic E-state index is 3.07. The summed E-state index contributed by atoms with van der Waals surface area (Å²) in [5, 5.41) is -6.51. The van der Waals surface area contributed by atoms with Gasteiger partial charge in [-0.3, -0.25) is 4.55 Å². The molecule has 0 heterocycles. The fourth-order valence-corrected chi connectivity index (χ4v) is 0.677. The van der Waals surface area contributed by atoms with Crippen molar-refractivity contribution in [1.82, 2.24) is 10.5 Å². The molecule has 0 aromatic carbocycles. The molecule has 0 unspecified atom stereocenters. The lowest BCUT2D eigenvalue weighted by atomic mass is 10.1. The average molecular weight is 482 g/mol. The van der Waals surface area contributed by atoms with E-state index in [-0.39, 0.29) is 0 Å². The molecule has 0 aromatic rings. The second-order valence-electron chi connectivity index (χ2n) is 3.90. The summed E-state index contributed by atoms with van der Waals surface area (Å²) in [6.07, 6.45) is -7.27. The molecule has 0 rings (SSSR count). The predicted molar refractivity (Wildman–Crippen MR) is 50.9 cm³/mol. The molecule has 28 heavy (non-hydrogen) atoms. The summed E-state index contributed by atoms with van der Waals surface area (Å²) in [5.74, 6) is -15.1. The van der Waals surface area contributed by atoms with Crippen molar-refractivity contribution < 1.29 is 83.9 Å². The van der Waals surface area contributed by atoms with Crippen LogP contribution in [0.15, 0.2) is 0 Å². The zero-order valence-electron chi connectivity index (χ0n) is 11.6. The molecule has 0 spiro atoms. The van der Waals surface area contributed by atoms with E-state index in [2.05, 4.69) is 0 Å². The third-order valence-electron chi connectivity index (χ3n) is 1.98. The number of carbonyl (C=O) groups is 1. The van der Waals surface area contributed by atoms with Crippen molar-refractivity contribution in [1.29, 1.82) is 0 Å². The lowest BCUT2D eigenvalue weighted by molar-refractivity contribution is -0.428. The van der Waals surface area contributed by atoms with Gasteiger partial charge < -0.3 is 0 Å². The van der Waals surface area contributed by atoms with Crippen LogP contribution in [0.5, 0.6) is 0 Å². The van der Waals surface area contributed by atoms with E-state index in [1.54, 1.807) is 0 Å². The van der Waals surface area contributed by atoms with Crippen LogP contribution < -0.4 is 0 Å². The fourth-order valence-electron chi connectivity index (χ4n) is 0.677. The number of amides is 2. The molecule has 0 aliphatic rings. The largest absolute Gasteiger partial charge is 0.522 e. The monoisotopic (exact) mass is 482 g/mol. The molecule has 0 bridgehead atoms. The summed E-state index contributed by atoms with van der Waals surface area (Å²) in [7, 11) is -5.84. The molecule has 0 aromatic heterocycles. The van der Waals surface area contributed by atoms with E-state index < -0.39 is 56.2 Å². The van der Waals surface area contributed by atoms with Crippen molar-refractivity contribution in [3.8, 4) is 0 Å². The number of alkyl halides is 12. The Kier molecular flexibility index (Phi) is 7.96. The molecule has 0 atom stereocenters. The van der Waals surface area contributed by atoms with Gasteiger partial charge in [0.05, 0.1) is 0 Å². The van der Waals surface area contributed by atoms with Crippen LogP contribution in [0.4, 0.5) is 70.9 Å². The van der Waals surface area contributed by atoms with Crippen LogP contribution in [0.2, 0.25) is 0 Å². The van der Waals surface area contributed by atoms with Gasteiger partial charge in [0, 0.05) is 5.34 Å². The van der Waals surface area contributed by atoms with Gasteiger partial charge in [-0.2, -0.15) is 61.1 Å². The Morgan fingerprint density at radius 3 is 1.18 bits per heavy atom. The van der Waals surface area contributed by atoms with Crippen LogP contribution in [-0.4, -0.2) is 59.0 Å². The molecule has 6 nitrogen and oxygen atoms in total. The molecular formula is C6HF15N2O4S. The maximum atomic E-state index is 12.5. The van der Waals surface area contributed by atoms with Gasteiger partial charge in [-0.15, -0.1) is 0 Å². The molecule has 170 valence electrons. The highest BCUT2D eigenvalue weighted by atomic mass is 32.2. The van der Waals surface area contributed by atoms with Crippen LogP contribution >= 0.6 is 0 Å². The highest BCUT2D eigenvalue weighted by Crippen LogP contribution is 2.54. The van der Waals surface area contributed by atoms with Gasteiger partial charge in [-0.25, -0.2) is 4.79 Å². The highest BCUT2D eigenvalue weighted by Gasteiger charge is 2.84. The number of hydrogen-bond donors (Lipinski definition) is 1. The second-order valence-corrected chi connectivity index (χ2v) is 5.32. The van der Waals surface area contributed by atoms with Crippen LogP contribution in [0, 0.1) is 0 Å². The van der Waals surface area contributed by atoms with E-state index in [1.165, 1.54) is 0 Å². The van der Waals surface area contributed by atoms with Gasteiger partial charge in [0.15, 0.2) is 0 Å². The number of hydrogen-bond acceptors (Lipinski definition) is 3. The van der Waals surface area contributed by atoms with E-state index in [1.807, 2.05) is 0 Å². The minimum atomic E-state index is -7.56. The van der Waals surface area contributed by atoms with Crippen LogP contribution in [0.25, 0.3) is 0 Å². The summed E-state index contributed by atoms with van der Waals surface area (Å²) < 4.78 is 201. The number of nitrogens with zero attached hydrogens (tertiary/aromatic N) is 2. The molecule has 0 radical (unpaired) electrons. The first-order chi connectivity index (χ1) is 11.8. The van der Waals surface area contributed by atoms with Crippen LogP contribution in [0.1, 0.15) is 0 Å². The number of rotatable bonds is 3. The zero-order valence-corrected chi connectivity index (χ0v) is 12.5. The van der Waals surface area contributed by atoms with Gasteiger partial charge in [-0.05, 0) is 0 Å². The predicted octanol–water partition coefficient (Wildman–Crippen LogP) is 4.18. The molecule has 0 saturated heterocycles. The number of urea groups is 1. The Morgan fingerprint density at radius 1 is 0.714 bits per heavy atom. The highest BCUT2D eigenvalue weighted by molar-refractivity contribution is 7.86. The van der Waals surface area contributed by atoms with Crippen molar-refractivity contribution in [3.63, 3.8) is 0 Å².